The summed E-state index contributed by atoms with van der Waals surface area (Å²) in [4.78, 5) is 6.16. The SMILES string of the molecule is C#Cc1sc(C2=C(C(F)(F)F)C(c3cc(Cl)cc(Cl)c3)ON2)cc1C. The first-order valence-corrected chi connectivity index (χ1v) is 8.54. The normalized spacial score (nSPS) is 17.6. The van der Waals surface area contributed by atoms with Crippen LogP contribution in [0.1, 0.15) is 27.0 Å². The van der Waals surface area contributed by atoms with Crippen LogP contribution in [-0.2, 0) is 4.84 Å². The predicted molar refractivity (Wildman–Crippen MR) is 93.4 cm³/mol. The van der Waals surface area contributed by atoms with Gasteiger partial charge in [-0.1, -0.05) is 29.1 Å². The van der Waals surface area contributed by atoms with Crippen LogP contribution in [0.25, 0.3) is 5.70 Å². The van der Waals surface area contributed by atoms with Crippen molar-refractivity contribution in [2.45, 2.75) is 19.2 Å². The standard InChI is InChI=1S/C17H10Cl2F3NOS/c1-3-12-8(2)4-13(25-12)15-14(17(20,21)22)16(24-23-15)9-5-10(18)7-11(19)6-9/h1,4-7,16,23H,2H3. The van der Waals surface area contributed by atoms with Crippen LogP contribution in [0.3, 0.4) is 0 Å². The fraction of sp³-hybridized carbons (Fsp3) is 0.176. The van der Waals surface area contributed by atoms with Crippen LogP contribution in [0.4, 0.5) is 13.2 Å². The Hall–Kier alpha value is -1.65. The van der Waals surface area contributed by atoms with Gasteiger partial charge in [0.1, 0.15) is 6.10 Å². The molecule has 0 radical (unpaired) electrons. The highest BCUT2D eigenvalue weighted by atomic mass is 35.5. The lowest BCUT2D eigenvalue weighted by Gasteiger charge is -2.16. The molecular formula is C17H10Cl2F3NOS. The van der Waals surface area contributed by atoms with Gasteiger partial charge in [0.05, 0.1) is 21.0 Å². The minimum atomic E-state index is -4.62. The molecular weight excluding hydrogens is 394 g/mol. The second-order valence-electron chi connectivity index (χ2n) is 5.36. The van der Waals surface area contributed by atoms with Crippen LogP contribution in [0.2, 0.25) is 10.0 Å². The Bertz CT molecular complexity index is 891. The maximum absolute atomic E-state index is 13.7. The molecule has 2 heterocycles. The van der Waals surface area contributed by atoms with Crippen molar-refractivity contribution in [1.29, 1.82) is 0 Å². The summed E-state index contributed by atoms with van der Waals surface area (Å²) in [5.74, 6) is 2.46. The third kappa shape index (κ3) is 3.51. The van der Waals surface area contributed by atoms with Gasteiger partial charge in [-0.25, -0.2) is 0 Å². The van der Waals surface area contributed by atoms with Crippen molar-refractivity contribution in [1.82, 2.24) is 5.48 Å². The Morgan fingerprint density at radius 2 is 1.84 bits per heavy atom. The van der Waals surface area contributed by atoms with Gasteiger partial charge in [0.25, 0.3) is 0 Å². The lowest BCUT2D eigenvalue weighted by Crippen LogP contribution is -2.17. The zero-order valence-electron chi connectivity index (χ0n) is 12.7. The summed E-state index contributed by atoms with van der Waals surface area (Å²) in [6.07, 6.45) is -0.629. The number of alkyl halides is 3. The molecule has 2 aromatic rings. The number of benzene rings is 1. The van der Waals surface area contributed by atoms with Gasteiger partial charge in [0.2, 0.25) is 0 Å². The number of hydrogen-bond acceptors (Lipinski definition) is 3. The first-order chi connectivity index (χ1) is 11.7. The molecule has 1 aliphatic heterocycles. The molecule has 1 atom stereocenters. The van der Waals surface area contributed by atoms with E-state index in [-0.39, 0.29) is 21.3 Å². The Kier molecular flexibility index (Phi) is 4.78. The summed E-state index contributed by atoms with van der Waals surface area (Å²) in [7, 11) is 0. The van der Waals surface area contributed by atoms with E-state index in [1.807, 2.05) is 0 Å². The van der Waals surface area contributed by atoms with E-state index in [0.717, 1.165) is 16.9 Å². The topological polar surface area (TPSA) is 21.3 Å². The van der Waals surface area contributed by atoms with Crippen LogP contribution < -0.4 is 5.48 Å². The van der Waals surface area contributed by atoms with E-state index in [2.05, 4.69) is 11.4 Å². The molecule has 130 valence electrons. The maximum atomic E-state index is 13.7. The molecule has 0 saturated heterocycles. The number of rotatable bonds is 2. The average molecular weight is 404 g/mol. The molecule has 1 aromatic carbocycles. The highest BCUT2D eigenvalue weighted by Gasteiger charge is 2.47. The van der Waals surface area contributed by atoms with Crippen molar-refractivity contribution in [3.05, 3.63) is 60.8 Å². The van der Waals surface area contributed by atoms with E-state index in [1.54, 1.807) is 13.0 Å². The molecule has 1 N–H and O–H groups in total. The highest BCUT2D eigenvalue weighted by Crippen LogP contribution is 2.47. The third-order valence-electron chi connectivity index (χ3n) is 3.60. The lowest BCUT2D eigenvalue weighted by molar-refractivity contribution is -0.107. The molecule has 0 amide bonds. The molecule has 0 fully saturated rings. The number of hydroxylamine groups is 1. The maximum Gasteiger partial charge on any atom is 0.417 e. The third-order valence-corrected chi connectivity index (χ3v) is 5.22. The fourth-order valence-corrected chi connectivity index (χ4v) is 4.08. The number of aryl methyl sites for hydroxylation is 1. The second kappa shape index (κ2) is 6.58. The van der Waals surface area contributed by atoms with Gasteiger partial charge in [0.15, 0.2) is 0 Å². The zero-order valence-corrected chi connectivity index (χ0v) is 15.0. The minimum absolute atomic E-state index is 0.150. The summed E-state index contributed by atoms with van der Waals surface area (Å²) in [6.45, 7) is 1.74. The molecule has 0 saturated carbocycles. The van der Waals surface area contributed by atoms with Crippen LogP contribution in [-0.4, -0.2) is 6.18 Å². The predicted octanol–water partition coefficient (Wildman–Crippen LogP) is 5.89. The first-order valence-electron chi connectivity index (χ1n) is 6.97. The van der Waals surface area contributed by atoms with Gasteiger partial charge in [-0.05, 0) is 42.3 Å². The smallest absolute Gasteiger partial charge is 0.264 e. The minimum Gasteiger partial charge on any atom is -0.264 e. The van der Waals surface area contributed by atoms with Gasteiger partial charge in [-0.15, -0.1) is 17.8 Å². The van der Waals surface area contributed by atoms with Gasteiger partial charge in [0, 0.05) is 10.0 Å². The second-order valence-corrected chi connectivity index (χ2v) is 7.28. The number of nitrogens with one attached hydrogen (secondary N) is 1. The summed E-state index contributed by atoms with van der Waals surface area (Å²) >= 11 is 12.9. The molecule has 25 heavy (non-hydrogen) atoms. The van der Waals surface area contributed by atoms with Crippen LogP contribution in [0.5, 0.6) is 0 Å². The molecule has 3 rings (SSSR count). The zero-order chi connectivity index (χ0) is 18.4. The molecule has 0 aliphatic carbocycles. The van der Waals surface area contributed by atoms with E-state index in [0.29, 0.717) is 9.75 Å². The Labute approximate surface area is 156 Å². The van der Waals surface area contributed by atoms with Crippen molar-refractivity contribution in [2.24, 2.45) is 0 Å². The van der Waals surface area contributed by atoms with Gasteiger partial charge >= 0.3 is 6.18 Å². The van der Waals surface area contributed by atoms with Crippen LogP contribution >= 0.6 is 34.5 Å². The van der Waals surface area contributed by atoms with E-state index in [4.69, 9.17) is 34.5 Å². The highest BCUT2D eigenvalue weighted by molar-refractivity contribution is 7.13. The van der Waals surface area contributed by atoms with Crippen molar-refractivity contribution in [3.63, 3.8) is 0 Å². The Morgan fingerprint density at radius 3 is 2.36 bits per heavy atom. The molecule has 1 unspecified atom stereocenters. The lowest BCUT2D eigenvalue weighted by atomic mass is 9.99. The summed E-state index contributed by atoms with van der Waals surface area (Å²) < 4.78 is 41.2. The van der Waals surface area contributed by atoms with Gasteiger partial charge in [-0.3, -0.25) is 10.3 Å². The fourth-order valence-electron chi connectivity index (χ4n) is 2.55. The number of hydrogen-bond donors (Lipinski definition) is 1. The number of terminal acetylenes is 1. The van der Waals surface area contributed by atoms with E-state index in [9.17, 15) is 13.2 Å². The van der Waals surface area contributed by atoms with Gasteiger partial charge < -0.3 is 0 Å². The molecule has 8 heteroatoms. The monoisotopic (exact) mass is 403 g/mol. The Balaban J connectivity index is 2.16. The quantitative estimate of drug-likeness (QED) is 0.630. The molecule has 1 aliphatic rings. The summed E-state index contributed by atoms with van der Waals surface area (Å²) in [6, 6.07) is 5.82. The molecule has 1 aromatic heterocycles. The van der Waals surface area contributed by atoms with Crippen molar-refractivity contribution >= 4 is 40.2 Å². The van der Waals surface area contributed by atoms with E-state index >= 15 is 0 Å². The molecule has 0 bridgehead atoms. The summed E-state index contributed by atoms with van der Waals surface area (Å²) in [5, 5.41) is 0.449. The average Bonchev–Trinajstić information content (AvgIpc) is 3.08. The number of thiophene rings is 1. The Morgan fingerprint density at radius 1 is 1.20 bits per heavy atom. The van der Waals surface area contributed by atoms with Crippen LogP contribution in [0, 0.1) is 19.3 Å². The number of halogens is 5. The molecule has 2 nitrogen and oxygen atoms in total. The van der Waals surface area contributed by atoms with Crippen LogP contribution in [0.15, 0.2) is 29.8 Å². The van der Waals surface area contributed by atoms with Crippen molar-refractivity contribution in [2.75, 3.05) is 0 Å². The van der Waals surface area contributed by atoms with Crippen molar-refractivity contribution in [3.8, 4) is 12.3 Å². The largest absolute Gasteiger partial charge is 0.417 e. The van der Waals surface area contributed by atoms with Crippen molar-refractivity contribution < 1.29 is 18.0 Å². The van der Waals surface area contributed by atoms with Gasteiger partial charge in [-0.2, -0.15) is 13.2 Å². The molecule has 0 spiro atoms. The summed E-state index contributed by atoms with van der Waals surface area (Å²) in [5.41, 5.74) is 2.33. The first kappa shape index (κ1) is 18.2. The van der Waals surface area contributed by atoms with E-state index < -0.39 is 17.9 Å². The van der Waals surface area contributed by atoms with E-state index in [1.165, 1.54) is 18.2 Å².